The molecule has 0 bridgehead atoms. The molecule has 0 saturated heterocycles. The number of phenols is 1. The normalized spacial score (nSPS) is 17.8. The van der Waals surface area contributed by atoms with Crippen molar-refractivity contribution < 1.29 is 24.5 Å². The number of aromatic hydroxyl groups is 1. The first-order valence-corrected chi connectivity index (χ1v) is 14.2. The average molecular weight is 586 g/mol. The zero-order valence-corrected chi connectivity index (χ0v) is 24.7. The molecule has 10 nitrogen and oxygen atoms in total. The minimum atomic E-state index is -0.690. The minimum absolute atomic E-state index is 0.00783. The topological polar surface area (TPSA) is 166 Å². The first kappa shape index (κ1) is 31.1. The fourth-order valence-electron chi connectivity index (χ4n) is 5.09. The van der Waals surface area contributed by atoms with Gasteiger partial charge in [-0.15, -0.1) is 0 Å². The maximum Gasteiger partial charge on any atom is 0.255 e. The quantitative estimate of drug-likeness (QED) is 0.209. The summed E-state index contributed by atoms with van der Waals surface area (Å²) in [4.78, 5) is 24.8. The number of benzene rings is 3. The summed E-state index contributed by atoms with van der Waals surface area (Å²) < 4.78 is 6.92. The van der Waals surface area contributed by atoms with Gasteiger partial charge in [0.25, 0.3) is 11.8 Å². The fourth-order valence-corrected chi connectivity index (χ4v) is 5.09. The Morgan fingerprint density at radius 1 is 1.05 bits per heavy atom. The van der Waals surface area contributed by atoms with Gasteiger partial charge in [-0.05, 0) is 68.9 Å². The number of hydrogen-bond donors (Lipinski definition) is 5. The van der Waals surface area contributed by atoms with E-state index in [4.69, 9.17) is 21.3 Å². The standard InChI is InChI=1S/C26H31N5O4.C7H8O/c1-26(34)13-11-18(12-14-26)31-23(27)21(24(28)32)22(30-31)17-9-7-16(8-10-17)15-29-25(33)19-5-3-4-6-20(19)35-2;1-6-4-2-3-5-7(6)8/h3-10,18,34H,11-15,27H2,1-2H3,(H2,28,32)(H,29,33);2-5,8H,1H3. The predicted octanol–water partition coefficient (Wildman–Crippen LogP) is 4.74. The molecule has 1 saturated carbocycles. The molecule has 0 unspecified atom stereocenters. The lowest BCUT2D eigenvalue weighted by Crippen LogP contribution is -2.32. The lowest BCUT2D eigenvalue weighted by atomic mass is 9.84. The Hall–Kier alpha value is -4.83. The molecule has 2 amide bonds. The highest BCUT2D eigenvalue weighted by atomic mass is 16.5. The monoisotopic (exact) mass is 585 g/mol. The number of hydrogen-bond acceptors (Lipinski definition) is 7. The molecular formula is C33H39N5O5. The van der Waals surface area contributed by atoms with Gasteiger partial charge in [-0.3, -0.25) is 9.59 Å². The number of anilines is 1. The number of methoxy groups -OCH3 is 1. The Morgan fingerprint density at radius 2 is 1.67 bits per heavy atom. The van der Waals surface area contributed by atoms with E-state index >= 15 is 0 Å². The highest BCUT2D eigenvalue weighted by Crippen LogP contribution is 2.38. The van der Waals surface area contributed by atoms with Gasteiger partial charge in [0.05, 0.1) is 24.3 Å². The maximum atomic E-state index is 12.6. The number of nitrogens with two attached hydrogens (primary N) is 2. The predicted molar refractivity (Wildman–Crippen MR) is 166 cm³/mol. The van der Waals surface area contributed by atoms with Crippen molar-refractivity contribution in [1.82, 2.24) is 15.1 Å². The van der Waals surface area contributed by atoms with Crippen molar-refractivity contribution >= 4 is 17.6 Å². The zero-order valence-electron chi connectivity index (χ0n) is 24.7. The third-order valence-electron chi connectivity index (χ3n) is 7.72. The van der Waals surface area contributed by atoms with E-state index in [1.807, 2.05) is 56.3 Å². The molecule has 1 heterocycles. The van der Waals surface area contributed by atoms with Crippen LogP contribution in [0.1, 0.15) is 70.5 Å². The lowest BCUT2D eigenvalue weighted by molar-refractivity contribution is 0.00879. The number of nitrogens with zero attached hydrogens (tertiary/aromatic N) is 2. The van der Waals surface area contributed by atoms with E-state index in [0.717, 1.165) is 11.1 Å². The Balaban J connectivity index is 0.000000458. The molecule has 10 heteroatoms. The molecule has 0 atom stereocenters. The maximum absolute atomic E-state index is 12.6. The van der Waals surface area contributed by atoms with Gasteiger partial charge < -0.3 is 31.7 Å². The number of phenolic OH excluding ortho intramolecular Hbond substituents is 1. The van der Waals surface area contributed by atoms with Crippen molar-refractivity contribution in [2.24, 2.45) is 5.73 Å². The number of carbonyl (C=O) groups is 2. The van der Waals surface area contributed by atoms with E-state index in [-0.39, 0.29) is 23.3 Å². The second-order valence-electron chi connectivity index (χ2n) is 11.0. The van der Waals surface area contributed by atoms with Crippen LogP contribution in [0.5, 0.6) is 11.5 Å². The molecule has 1 aliphatic carbocycles. The number of ether oxygens (including phenoxy) is 1. The first-order chi connectivity index (χ1) is 20.5. The van der Waals surface area contributed by atoms with E-state index in [1.165, 1.54) is 7.11 Å². The van der Waals surface area contributed by atoms with Gasteiger partial charge in [0, 0.05) is 12.1 Å². The Kier molecular flexibility index (Phi) is 9.72. The van der Waals surface area contributed by atoms with Crippen LogP contribution in [0.25, 0.3) is 11.3 Å². The van der Waals surface area contributed by atoms with Gasteiger partial charge in [0.15, 0.2) is 0 Å². The molecular weight excluding hydrogens is 546 g/mol. The van der Waals surface area contributed by atoms with E-state index in [1.54, 1.807) is 35.0 Å². The number of aliphatic hydroxyl groups is 1. The molecule has 4 aromatic rings. The van der Waals surface area contributed by atoms with E-state index in [2.05, 4.69) is 10.4 Å². The Bertz CT molecular complexity index is 1550. The van der Waals surface area contributed by atoms with Crippen molar-refractivity contribution in [3.05, 3.63) is 95.1 Å². The number of nitrogens with one attached hydrogen (secondary N) is 1. The molecule has 226 valence electrons. The minimum Gasteiger partial charge on any atom is -0.508 e. The van der Waals surface area contributed by atoms with Crippen molar-refractivity contribution in [2.75, 3.05) is 12.8 Å². The number of nitrogen functional groups attached to an aromatic ring is 1. The van der Waals surface area contributed by atoms with Crippen LogP contribution in [-0.2, 0) is 6.54 Å². The van der Waals surface area contributed by atoms with Crippen LogP contribution in [0.4, 0.5) is 5.82 Å². The van der Waals surface area contributed by atoms with Crippen LogP contribution in [-0.4, -0.2) is 44.5 Å². The molecule has 0 spiro atoms. The number of para-hydroxylation sites is 2. The first-order valence-electron chi connectivity index (χ1n) is 14.2. The van der Waals surface area contributed by atoms with Gasteiger partial charge in [-0.2, -0.15) is 5.10 Å². The molecule has 5 rings (SSSR count). The molecule has 0 radical (unpaired) electrons. The summed E-state index contributed by atoms with van der Waals surface area (Å²) in [5, 5.41) is 26.7. The summed E-state index contributed by atoms with van der Waals surface area (Å²) in [6.45, 7) is 4.02. The SMILES string of the molecule is COc1ccccc1C(=O)NCc1ccc(-c2nn(C3CCC(C)(O)CC3)c(N)c2C(N)=O)cc1.Cc1ccccc1O. The van der Waals surface area contributed by atoms with Crippen LogP contribution in [0.15, 0.2) is 72.8 Å². The number of primary amides is 1. The summed E-state index contributed by atoms with van der Waals surface area (Å²) in [6.07, 6.45) is 2.68. The average Bonchev–Trinajstić information content (AvgIpc) is 3.35. The summed E-state index contributed by atoms with van der Waals surface area (Å²) in [5.41, 5.74) is 14.9. The van der Waals surface area contributed by atoms with Crippen LogP contribution < -0.4 is 21.5 Å². The number of aromatic nitrogens is 2. The summed E-state index contributed by atoms with van der Waals surface area (Å²) in [6, 6.07) is 21.6. The van der Waals surface area contributed by atoms with Gasteiger partial charge in [-0.1, -0.05) is 54.6 Å². The fraction of sp³-hybridized carbons (Fsp3) is 0.303. The molecule has 3 aromatic carbocycles. The zero-order chi connectivity index (χ0) is 31.1. The largest absolute Gasteiger partial charge is 0.508 e. The van der Waals surface area contributed by atoms with Gasteiger partial charge in [-0.25, -0.2) is 4.68 Å². The molecule has 0 aliphatic heterocycles. The molecule has 1 aliphatic rings. The molecule has 43 heavy (non-hydrogen) atoms. The second-order valence-corrected chi connectivity index (χ2v) is 11.0. The highest BCUT2D eigenvalue weighted by molar-refractivity contribution is 6.03. The summed E-state index contributed by atoms with van der Waals surface area (Å²) >= 11 is 0. The number of aryl methyl sites for hydroxylation is 1. The van der Waals surface area contributed by atoms with Gasteiger partial charge in [0.1, 0.15) is 28.6 Å². The van der Waals surface area contributed by atoms with Crippen LogP contribution in [0.3, 0.4) is 0 Å². The third-order valence-corrected chi connectivity index (χ3v) is 7.72. The molecule has 1 aromatic heterocycles. The van der Waals surface area contributed by atoms with E-state index < -0.39 is 11.5 Å². The van der Waals surface area contributed by atoms with Crippen molar-refractivity contribution in [3.63, 3.8) is 0 Å². The van der Waals surface area contributed by atoms with E-state index in [0.29, 0.717) is 60.5 Å². The third kappa shape index (κ3) is 7.52. The van der Waals surface area contributed by atoms with Crippen molar-refractivity contribution in [3.8, 4) is 22.8 Å². The van der Waals surface area contributed by atoms with Crippen LogP contribution in [0.2, 0.25) is 0 Å². The summed E-state index contributed by atoms with van der Waals surface area (Å²) in [7, 11) is 1.52. The molecule has 7 N–H and O–H groups in total. The number of amides is 2. The second kappa shape index (κ2) is 13.4. The number of carbonyl (C=O) groups excluding carboxylic acids is 2. The van der Waals surface area contributed by atoms with Crippen molar-refractivity contribution in [2.45, 2.75) is 57.7 Å². The highest BCUT2D eigenvalue weighted by Gasteiger charge is 2.32. The Labute approximate surface area is 251 Å². The van der Waals surface area contributed by atoms with E-state index in [9.17, 15) is 14.7 Å². The molecule has 1 fully saturated rings. The Morgan fingerprint density at radius 3 is 2.26 bits per heavy atom. The summed E-state index contributed by atoms with van der Waals surface area (Å²) in [5.74, 6) is 0.244. The van der Waals surface area contributed by atoms with Crippen LogP contribution >= 0.6 is 0 Å². The van der Waals surface area contributed by atoms with Gasteiger partial charge in [0.2, 0.25) is 0 Å². The smallest absolute Gasteiger partial charge is 0.255 e. The lowest BCUT2D eigenvalue weighted by Gasteiger charge is -2.33. The number of rotatable bonds is 7. The van der Waals surface area contributed by atoms with Crippen molar-refractivity contribution in [1.29, 1.82) is 0 Å². The van der Waals surface area contributed by atoms with Crippen LogP contribution in [0, 0.1) is 6.92 Å². The van der Waals surface area contributed by atoms with Gasteiger partial charge >= 0.3 is 0 Å².